The van der Waals surface area contributed by atoms with Gasteiger partial charge in [-0.25, -0.2) is 4.39 Å². The highest BCUT2D eigenvalue weighted by atomic mass is 35.5. The number of nitrogens with one attached hydrogen (secondary N) is 2. The predicted molar refractivity (Wildman–Crippen MR) is 127 cm³/mol. The normalized spacial score (nSPS) is 40.3. The number of alkyl halides is 5. The van der Waals surface area contributed by atoms with Crippen molar-refractivity contribution in [3.05, 3.63) is 0 Å². The van der Waals surface area contributed by atoms with Gasteiger partial charge in [0.15, 0.2) is 0 Å². The molecule has 37 heavy (non-hydrogen) atoms. The van der Waals surface area contributed by atoms with E-state index in [1.165, 1.54) is 0 Å². The first-order valence-electron chi connectivity index (χ1n) is 13.3. The highest BCUT2D eigenvalue weighted by Gasteiger charge is 2.55. The molecule has 0 aromatic carbocycles. The molecule has 2 bridgehead atoms. The fourth-order valence-electron chi connectivity index (χ4n) is 6.48. The van der Waals surface area contributed by atoms with Crippen molar-refractivity contribution in [2.24, 2.45) is 5.92 Å². The van der Waals surface area contributed by atoms with Crippen molar-refractivity contribution in [3.8, 4) is 0 Å². The second-order valence-electron chi connectivity index (χ2n) is 11.4. The summed E-state index contributed by atoms with van der Waals surface area (Å²) in [7, 11) is 0. The second-order valence-corrected chi connectivity index (χ2v) is 11.9. The zero-order chi connectivity index (χ0) is 26.8. The summed E-state index contributed by atoms with van der Waals surface area (Å²) in [6.45, 7) is -0.550. The molecule has 0 aliphatic heterocycles. The molecule has 212 valence electrons. The van der Waals surface area contributed by atoms with E-state index >= 15 is 0 Å². The zero-order valence-electron chi connectivity index (χ0n) is 20.8. The summed E-state index contributed by atoms with van der Waals surface area (Å²) >= 11 is 5.89. The first kappa shape index (κ1) is 28.8. The van der Waals surface area contributed by atoms with Crippen LogP contribution in [0.5, 0.6) is 0 Å². The number of hydrogen-bond acceptors (Lipinski definition) is 5. The number of halogens is 5. The lowest BCUT2D eigenvalue weighted by Gasteiger charge is -2.56. The first-order chi connectivity index (χ1) is 17.4. The van der Waals surface area contributed by atoms with Gasteiger partial charge in [-0.3, -0.25) is 9.59 Å². The monoisotopic (exact) mass is 556 g/mol. The largest absolute Gasteiger partial charge is 0.391 e. The summed E-state index contributed by atoms with van der Waals surface area (Å²) < 4.78 is 64.0. The molecule has 0 saturated heterocycles. The van der Waals surface area contributed by atoms with Crippen LogP contribution in [0.3, 0.4) is 0 Å². The summed E-state index contributed by atoms with van der Waals surface area (Å²) in [5.41, 5.74) is -1.45. The van der Waals surface area contributed by atoms with Gasteiger partial charge in [0.05, 0.1) is 35.1 Å². The average Bonchev–Trinajstić information content (AvgIpc) is 2.84. The van der Waals surface area contributed by atoms with Crippen LogP contribution in [-0.4, -0.2) is 77.2 Å². The van der Waals surface area contributed by atoms with E-state index in [-0.39, 0.29) is 50.9 Å². The molecule has 6 atom stereocenters. The molecule has 5 fully saturated rings. The maximum atomic E-state index is 13.8. The Morgan fingerprint density at radius 2 is 1.54 bits per heavy atom. The topological polar surface area (TPSA) is 96.9 Å². The molecule has 7 nitrogen and oxygen atoms in total. The molecule has 0 heterocycles. The zero-order valence-corrected chi connectivity index (χ0v) is 21.6. The third kappa shape index (κ3) is 7.08. The van der Waals surface area contributed by atoms with E-state index in [1.807, 2.05) is 0 Å². The van der Waals surface area contributed by atoms with E-state index in [0.717, 1.165) is 0 Å². The number of carbonyl (C=O) groups excluding carboxylic acids is 2. The van der Waals surface area contributed by atoms with Gasteiger partial charge in [-0.05, 0) is 64.2 Å². The molecule has 0 aromatic heterocycles. The second kappa shape index (κ2) is 11.5. The lowest BCUT2D eigenvalue weighted by molar-refractivity contribution is -0.192. The number of hydrogen-bond donors (Lipinski definition) is 3. The van der Waals surface area contributed by atoms with Crippen LogP contribution in [0.25, 0.3) is 0 Å². The van der Waals surface area contributed by atoms with Crippen LogP contribution in [0.15, 0.2) is 0 Å². The summed E-state index contributed by atoms with van der Waals surface area (Å²) in [5, 5.41) is 16.2. The number of fused-ring (bicyclic) bond motifs is 3. The molecular formula is C25H37ClF4N2O5. The van der Waals surface area contributed by atoms with E-state index in [0.29, 0.717) is 51.4 Å². The van der Waals surface area contributed by atoms with Crippen molar-refractivity contribution >= 4 is 23.4 Å². The van der Waals surface area contributed by atoms with E-state index < -0.39 is 52.8 Å². The minimum Gasteiger partial charge on any atom is -0.391 e. The number of carbonyl (C=O) groups is 2. The van der Waals surface area contributed by atoms with Crippen LogP contribution in [0.2, 0.25) is 0 Å². The molecule has 12 heteroatoms. The standard InChI is InChI=1S/C25H37ClF4N2O5/c26-18-5-4-17(11-19(18)27)37-13-21(34)31-23-6-8-24(9-7-23,20(33)12-23)32-22(35)14-36-16-3-1-2-15(10-16)25(28,29)30/h15-20,33H,1-14H2,(H,31,34)(H,32,35)/t15?,16?,17?,18?,19?,20-,23?,24?/m0/s1. The van der Waals surface area contributed by atoms with Gasteiger partial charge in [-0.2, -0.15) is 13.2 Å². The van der Waals surface area contributed by atoms with E-state index in [2.05, 4.69) is 10.6 Å². The van der Waals surface area contributed by atoms with E-state index in [1.54, 1.807) is 0 Å². The van der Waals surface area contributed by atoms with Gasteiger partial charge in [-0.15, -0.1) is 11.6 Å². The van der Waals surface area contributed by atoms with Crippen molar-refractivity contribution < 1.29 is 41.7 Å². The van der Waals surface area contributed by atoms with Crippen LogP contribution in [0, 0.1) is 5.92 Å². The van der Waals surface area contributed by atoms with Gasteiger partial charge in [-0.1, -0.05) is 6.42 Å². The summed E-state index contributed by atoms with van der Waals surface area (Å²) in [6, 6.07) is 0. The number of aliphatic hydroxyl groups excluding tert-OH is 1. The minimum absolute atomic E-state index is 0.0857. The van der Waals surface area contributed by atoms with Crippen molar-refractivity contribution in [2.75, 3.05) is 13.2 Å². The van der Waals surface area contributed by atoms with Gasteiger partial charge < -0.3 is 25.2 Å². The highest BCUT2D eigenvalue weighted by Crippen LogP contribution is 2.47. The Balaban J connectivity index is 1.21. The van der Waals surface area contributed by atoms with Crippen molar-refractivity contribution in [2.45, 2.75) is 124 Å². The smallest absolute Gasteiger partial charge is 0.391 e. The number of rotatable bonds is 8. The van der Waals surface area contributed by atoms with Crippen LogP contribution < -0.4 is 10.6 Å². The lowest BCUT2D eigenvalue weighted by atomic mass is 9.60. The number of amides is 2. The van der Waals surface area contributed by atoms with Crippen molar-refractivity contribution in [1.29, 1.82) is 0 Å². The van der Waals surface area contributed by atoms with Gasteiger partial charge in [0.25, 0.3) is 0 Å². The molecule has 5 unspecified atom stereocenters. The summed E-state index contributed by atoms with van der Waals surface area (Å²) in [4.78, 5) is 25.2. The van der Waals surface area contributed by atoms with Crippen LogP contribution in [0.1, 0.15) is 77.0 Å². The minimum atomic E-state index is -4.26. The Kier molecular flexibility index (Phi) is 8.97. The molecular weight excluding hydrogens is 520 g/mol. The Labute approximate surface area is 219 Å². The van der Waals surface area contributed by atoms with Crippen molar-refractivity contribution in [3.63, 3.8) is 0 Å². The maximum Gasteiger partial charge on any atom is 0.391 e. The molecule has 2 amide bonds. The van der Waals surface area contributed by atoms with Crippen LogP contribution in [-0.2, 0) is 19.1 Å². The van der Waals surface area contributed by atoms with Gasteiger partial charge in [0.2, 0.25) is 11.8 Å². The predicted octanol–water partition coefficient (Wildman–Crippen LogP) is 3.69. The Bertz CT molecular complexity index is 823. The first-order valence-corrected chi connectivity index (χ1v) is 13.7. The number of ether oxygens (including phenoxy) is 2. The molecule has 5 aliphatic rings. The fourth-order valence-corrected chi connectivity index (χ4v) is 6.71. The molecule has 3 N–H and O–H groups in total. The SMILES string of the molecule is O=C(COC1CCC(Cl)C(F)C1)NC12CCC(NC(=O)COC3CCCC(C(F)(F)F)C3)(CC1)[C@@H](O)C2. The van der Waals surface area contributed by atoms with E-state index in [9.17, 15) is 32.3 Å². The Morgan fingerprint density at radius 1 is 0.919 bits per heavy atom. The van der Waals surface area contributed by atoms with Crippen molar-refractivity contribution in [1.82, 2.24) is 10.6 Å². The summed E-state index contributed by atoms with van der Waals surface area (Å²) in [6.07, 6.45) is -2.90. The maximum absolute atomic E-state index is 13.8. The molecule has 5 aliphatic carbocycles. The van der Waals surface area contributed by atoms with E-state index in [4.69, 9.17) is 21.1 Å². The van der Waals surface area contributed by atoms with Gasteiger partial charge in [0, 0.05) is 12.0 Å². The Hall–Kier alpha value is -1.17. The average molecular weight is 557 g/mol. The molecule has 5 rings (SSSR count). The van der Waals surface area contributed by atoms with Crippen LogP contribution >= 0.6 is 11.6 Å². The quantitative estimate of drug-likeness (QED) is 0.313. The molecule has 0 spiro atoms. The third-order valence-electron chi connectivity index (χ3n) is 8.75. The lowest BCUT2D eigenvalue weighted by Crippen LogP contribution is -2.70. The third-order valence-corrected chi connectivity index (χ3v) is 9.24. The molecule has 0 radical (unpaired) electrons. The molecule has 5 saturated carbocycles. The molecule has 0 aromatic rings. The summed E-state index contributed by atoms with van der Waals surface area (Å²) in [5.74, 6) is -2.19. The Morgan fingerprint density at radius 3 is 2.14 bits per heavy atom. The number of aliphatic hydroxyl groups is 1. The fraction of sp³-hybridized carbons (Fsp3) is 0.920. The highest BCUT2D eigenvalue weighted by molar-refractivity contribution is 6.21. The van der Waals surface area contributed by atoms with Gasteiger partial charge >= 0.3 is 6.18 Å². The van der Waals surface area contributed by atoms with Crippen LogP contribution in [0.4, 0.5) is 17.6 Å². The van der Waals surface area contributed by atoms with Gasteiger partial charge in [0.1, 0.15) is 19.4 Å².